The summed E-state index contributed by atoms with van der Waals surface area (Å²) in [5.41, 5.74) is 0.825. The second-order valence-corrected chi connectivity index (χ2v) is 5.61. The number of likely N-dealkylation sites (tertiary alicyclic amines) is 1. The fraction of sp³-hybridized carbons (Fsp3) is 0.400. The Morgan fingerprint density at radius 3 is 2.80 bits per heavy atom. The molecule has 0 unspecified atom stereocenters. The van der Waals surface area contributed by atoms with E-state index in [1.54, 1.807) is 6.08 Å². The average molecular weight is 340 g/mol. The van der Waals surface area contributed by atoms with Crippen LogP contribution >= 0.6 is 15.9 Å². The highest BCUT2D eigenvalue weighted by atomic mass is 79.9. The summed E-state index contributed by atoms with van der Waals surface area (Å²) in [5.74, 6) is -0.163. The molecule has 1 N–H and O–H groups in total. The van der Waals surface area contributed by atoms with Crippen molar-refractivity contribution in [2.45, 2.75) is 12.8 Å². The molecule has 0 radical (unpaired) electrons. The number of nitrogens with zero attached hydrogens (tertiary/aromatic N) is 1. The van der Waals surface area contributed by atoms with Crippen LogP contribution in [0.3, 0.4) is 0 Å². The molecule has 0 saturated carbocycles. The van der Waals surface area contributed by atoms with E-state index in [4.69, 9.17) is 9.84 Å². The molecule has 1 fully saturated rings. The standard InChI is InChI=1S/C15H18BrNO3/c16-13-11-12(4-6-15(18)19)3-5-14(13)20-10-9-17-7-1-2-8-17/h3-6,11H,1-2,7-10H2,(H,18,19). The Morgan fingerprint density at radius 1 is 1.40 bits per heavy atom. The van der Waals surface area contributed by atoms with Gasteiger partial charge in [0.05, 0.1) is 4.47 Å². The minimum atomic E-state index is -0.952. The molecule has 0 aromatic heterocycles. The first-order valence-electron chi connectivity index (χ1n) is 6.71. The van der Waals surface area contributed by atoms with Crippen molar-refractivity contribution in [2.24, 2.45) is 0 Å². The van der Waals surface area contributed by atoms with Crippen molar-refractivity contribution in [2.75, 3.05) is 26.2 Å². The van der Waals surface area contributed by atoms with Crippen LogP contribution in [0.15, 0.2) is 28.7 Å². The van der Waals surface area contributed by atoms with Gasteiger partial charge in [0.2, 0.25) is 0 Å². The fourth-order valence-corrected chi connectivity index (χ4v) is 2.71. The molecule has 1 aliphatic heterocycles. The van der Waals surface area contributed by atoms with E-state index >= 15 is 0 Å². The van der Waals surface area contributed by atoms with E-state index in [2.05, 4.69) is 20.8 Å². The highest BCUT2D eigenvalue weighted by molar-refractivity contribution is 9.10. The number of aliphatic carboxylic acids is 1. The number of hydrogen-bond acceptors (Lipinski definition) is 3. The minimum absolute atomic E-state index is 0.670. The van der Waals surface area contributed by atoms with Crippen LogP contribution in [-0.4, -0.2) is 42.2 Å². The first kappa shape index (κ1) is 15.1. The Hall–Kier alpha value is -1.33. The lowest BCUT2D eigenvalue weighted by atomic mass is 10.2. The Bertz CT molecular complexity index is 496. The van der Waals surface area contributed by atoms with Crippen LogP contribution in [0, 0.1) is 0 Å². The quantitative estimate of drug-likeness (QED) is 0.809. The van der Waals surface area contributed by atoms with Crippen LogP contribution in [0.1, 0.15) is 18.4 Å². The van der Waals surface area contributed by atoms with E-state index in [1.165, 1.54) is 25.9 Å². The smallest absolute Gasteiger partial charge is 0.328 e. The number of carboxylic acids is 1. The molecular formula is C15H18BrNO3. The van der Waals surface area contributed by atoms with Gasteiger partial charge >= 0.3 is 5.97 Å². The van der Waals surface area contributed by atoms with E-state index in [1.807, 2.05) is 18.2 Å². The maximum atomic E-state index is 10.5. The molecule has 4 nitrogen and oxygen atoms in total. The monoisotopic (exact) mass is 339 g/mol. The van der Waals surface area contributed by atoms with Gasteiger partial charge in [0.25, 0.3) is 0 Å². The predicted octanol–water partition coefficient (Wildman–Crippen LogP) is 3.02. The van der Waals surface area contributed by atoms with Crippen molar-refractivity contribution < 1.29 is 14.6 Å². The number of carbonyl (C=O) groups is 1. The zero-order valence-electron chi connectivity index (χ0n) is 11.2. The summed E-state index contributed by atoms with van der Waals surface area (Å²) in [5, 5.41) is 8.59. The minimum Gasteiger partial charge on any atom is -0.491 e. The van der Waals surface area contributed by atoms with Crippen LogP contribution in [-0.2, 0) is 4.79 Å². The molecule has 0 aliphatic carbocycles. The van der Waals surface area contributed by atoms with Crippen LogP contribution in [0.25, 0.3) is 6.08 Å². The van der Waals surface area contributed by atoms with Gasteiger partial charge < -0.3 is 9.84 Å². The van der Waals surface area contributed by atoms with Crippen molar-refractivity contribution in [1.82, 2.24) is 4.90 Å². The number of halogens is 1. The number of rotatable bonds is 6. The van der Waals surface area contributed by atoms with Gasteiger partial charge in [-0.15, -0.1) is 0 Å². The summed E-state index contributed by atoms with van der Waals surface area (Å²) >= 11 is 3.45. The molecule has 1 aromatic rings. The Morgan fingerprint density at radius 2 is 2.15 bits per heavy atom. The van der Waals surface area contributed by atoms with Crippen molar-refractivity contribution >= 4 is 28.0 Å². The second kappa shape index (κ2) is 7.45. The highest BCUT2D eigenvalue weighted by Gasteiger charge is 2.11. The van der Waals surface area contributed by atoms with E-state index in [0.29, 0.717) is 6.61 Å². The van der Waals surface area contributed by atoms with Gasteiger partial charge in [0.15, 0.2) is 0 Å². The van der Waals surface area contributed by atoms with Crippen LogP contribution in [0.5, 0.6) is 5.75 Å². The molecule has 1 heterocycles. The normalized spacial score (nSPS) is 15.8. The molecule has 2 rings (SSSR count). The Labute approximate surface area is 127 Å². The van der Waals surface area contributed by atoms with E-state index in [-0.39, 0.29) is 0 Å². The predicted molar refractivity (Wildman–Crippen MR) is 82.0 cm³/mol. The highest BCUT2D eigenvalue weighted by Crippen LogP contribution is 2.26. The van der Waals surface area contributed by atoms with E-state index < -0.39 is 5.97 Å². The van der Waals surface area contributed by atoms with Crippen LogP contribution < -0.4 is 4.74 Å². The van der Waals surface area contributed by atoms with Crippen LogP contribution in [0.2, 0.25) is 0 Å². The topological polar surface area (TPSA) is 49.8 Å². The zero-order valence-corrected chi connectivity index (χ0v) is 12.8. The molecule has 0 spiro atoms. The number of ether oxygens (including phenoxy) is 1. The molecule has 5 heteroatoms. The number of carboxylic acid groups (broad SMARTS) is 1. The number of benzene rings is 1. The maximum absolute atomic E-state index is 10.5. The zero-order chi connectivity index (χ0) is 14.4. The third-order valence-corrected chi connectivity index (χ3v) is 3.86. The molecule has 1 saturated heterocycles. The summed E-state index contributed by atoms with van der Waals surface area (Å²) in [6.07, 6.45) is 5.25. The maximum Gasteiger partial charge on any atom is 0.328 e. The third-order valence-electron chi connectivity index (χ3n) is 3.24. The van der Waals surface area contributed by atoms with Crippen molar-refractivity contribution in [3.8, 4) is 5.75 Å². The van der Waals surface area contributed by atoms with Gasteiger partial charge in [0.1, 0.15) is 12.4 Å². The Kier molecular flexibility index (Phi) is 5.61. The van der Waals surface area contributed by atoms with Crippen molar-refractivity contribution in [3.63, 3.8) is 0 Å². The average Bonchev–Trinajstić information content (AvgIpc) is 2.92. The first-order valence-corrected chi connectivity index (χ1v) is 7.50. The lowest BCUT2D eigenvalue weighted by molar-refractivity contribution is -0.131. The van der Waals surface area contributed by atoms with Crippen molar-refractivity contribution in [3.05, 3.63) is 34.3 Å². The van der Waals surface area contributed by atoms with Gasteiger partial charge in [-0.3, -0.25) is 4.90 Å². The molecular weight excluding hydrogens is 322 g/mol. The molecule has 108 valence electrons. The fourth-order valence-electron chi connectivity index (χ4n) is 2.20. The Balaban J connectivity index is 1.86. The molecule has 0 atom stereocenters. The lowest BCUT2D eigenvalue weighted by Crippen LogP contribution is -2.25. The number of hydrogen-bond donors (Lipinski definition) is 1. The van der Waals surface area contributed by atoms with Gasteiger partial charge in [-0.05, 0) is 65.6 Å². The summed E-state index contributed by atoms with van der Waals surface area (Å²) in [6.45, 7) is 3.96. The summed E-state index contributed by atoms with van der Waals surface area (Å²) in [6, 6.07) is 5.55. The van der Waals surface area contributed by atoms with E-state index in [0.717, 1.165) is 28.4 Å². The summed E-state index contributed by atoms with van der Waals surface area (Å²) in [7, 11) is 0. The molecule has 0 bridgehead atoms. The van der Waals surface area contributed by atoms with Gasteiger partial charge in [-0.2, -0.15) is 0 Å². The second-order valence-electron chi connectivity index (χ2n) is 4.76. The van der Waals surface area contributed by atoms with Crippen LogP contribution in [0.4, 0.5) is 0 Å². The van der Waals surface area contributed by atoms with E-state index in [9.17, 15) is 4.79 Å². The first-order chi connectivity index (χ1) is 9.65. The third kappa shape index (κ3) is 4.65. The molecule has 0 amide bonds. The van der Waals surface area contributed by atoms with Crippen molar-refractivity contribution in [1.29, 1.82) is 0 Å². The molecule has 1 aliphatic rings. The van der Waals surface area contributed by atoms with Gasteiger partial charge in [0, 0.05) is 12.6 Å². The van der Waals surface area contributed by atoms with Gasteiger partial charge in [-0.25, -0.2) is 4.79 Å². The lowest BCUT2D eigenvalue weighted by Gasteiger charge is -2.15. The summed E-state index contributed by atoms with van der Waals surface area (Å²) in [4.78, 5) is 12.9. The van der Waals surface area contributed by atoms with Gasteiger partial charge in [-0.1, -0.05) is 6.07 Å². The molecule has 20 heavy (non-hydrogen) atoms. The largest absolute Gasteiger partial charge is 0.491 e. The summed E-state index contributed by atoms with van der Waals surface area (Å²) < 4.78 is 6.59. The molecule has 1 aromatic carbocycles. The SMILES string of the molecule is O=C(O)C=Cc1ccc(OCCN2CCCC2)c(Br)c1.